The molecule has 0 unspecified atom stereocenters. The number of nitrogens with one attached hydrogen (secondary N) is 1. The zero-order chi connectivity index (χ0) is 15.9. The van der Waals surface area contributed by atoms with Gasteiger partial charge < -0.3 is 10.4 Å². The molecular weight excluding hydrogens is 324 g/mol. The number of aromatic nitrogens is 1. The summed E-state index contributed by atoms with van der Waals surface area (Å²) in [6, 6.07) is 7.19. The van der Waals surface area contributed by atoms with Crippen molar-refractivity contribution in [2.45, 2.75) is 25.3 Å². The van der Waals surface area contributed by atoms with Crippen LogP contribution in [0.1, 0.15) is 28.2 Å². The fraction of sp³-hybridized carbons (Fsp3) is 0.267. The number of carboxylic acid groups (broad SMARTS) is 1. The summed E-state index contributed by atoms with van der Waals surface area (Å²) in [4.78, 5) is 28.3. The first-order valence-corrected chi connectivity index (χ1v) is 7.90. The Hall–Kier alpha value is -1.92. The highest BCUT2D eigenvalue weighted by molar-refractivity contribution is 7.17. The summed E-state index contributed by atoms with van der Waals surface area (Å²) < 4.78 is 0. The molecular formula is C15H13ClN2O3S. The van der Waals surface area contributed by atoms with E-state index in [4.69, 9.17) is 16.7 Å². The third-order valence-electron chi connectivity index (χ3n) is 3.61. The average molecular weight is 337 g/mol. The van der Waals surface area contributed by atoms with Gasteiger partial charge in [0.05, 0.1) is 5.69 Å². The Labute approximate surface area is 136 Å². The van der Waals surface area contributed by atoms with E-state index in [2.05, 4.69) is 10.3 Å². The first-order valence-electron chi connectivity index (χ1n) is 6.70. The minimum absolute atomic E-state index is 0.380. The van der Waals surface area contributed by atoms with E-state index in [1.54, 1.807) is 19.1 Å². The van der Waals surface area contributed by atoms with Crippen molar-refractivity contribution in [1.29, 1.82) is 0 Å². The number of nitrogens with zero attached hydrogens (tertiary/aromatic N) is 1. The fourth-order valence-corrected chi connectivity index (χ4v) is 3.21. The van der Waals surface area contributed by atoms with Gasteiger partial charge in [-0.3, -0.25) is 4.79 Å². The van der Waals surface area contributed by atoms with Crippen LogP contribution in [0.3, 0.4) is 0 Å². The lowest BCUT2D eigenvalue weighted by atomic mass is 10.2. The number of carbonyl (C=O) groups excluding carboxylic acids is 1. The van der Waals surface area contributed by atoms with E-state index < -0.39 is 11.5 Å². The van der Waals surface area contributed by atoms with Gasteiger partial charge in [-0.05, 0) is 31.9 Å². The minimum Gasteiger partial charge on any atom is -0.480 e. The van der Waals surface area contributed by atoms with Gasteiger partial charge in [-0.15, -0.1) is 11.3 Å². The Morgan fingerprint density at radius 3 is 2.50 bits per heavy atom. The van der Waals surface area contributed by atoms with Crippen molar-refractivity contribution in [3.8, 4) is 10.6 Å². The Balaban J connectivity index is 1.85. The van der Waals surface area contributed by atoms with Gasteiger partial charge in [0.1, 0.15) is 15.4 Å². The zero-order valence-corrected chi connectivity index (χ0v) is 13.3. The number of aryl methyl sites for hydroxylation is 1. The number of thiazole rings is 1. The van der Waals surface area contributed by atoms with Crippen LogP contribution in [0.5, 0.6) is 0 Å². The van der Waals surface area contributed by atoms with Crippen molar-refractivity contribution < 1.29 is 14.7 Å². The molecule has 2 aromatic rings. The van der Waals surface area contributed by atoms with Crippen LogP contribution in [0.4, 0.5) is 0 Å². The highest BCUT2D eigenvalue weighted by atomic mass is 35.5. The highest BCUT2D eigenvalue weighted by Gasteiger charge is 2.52. The molecule has 0 aliphatic heterocycles. The van der Waals surface area contributed by atoms with Crippen LogP contribution in [0.25, 0.3) is 10.6 Å². The van der Waals surface area contributed by atoms with Crippen molar-refractivity contribution in [2.24, 2.45) is 0 Å². The maximum absolute atomic E-state index is 12.3. The van der Waals surface area contributed by atoms with Crippen LogP contribution in [0.15, 0.2) is 24.3 Å². The third-order valence-corrected chi connectivity index (χ3v) is 5.06. The van der Waals surface area contributed by atoms with Crippen molar-refractivity contribution in [1.82, 2.24) is 10.3 Å². The standard InChI is InChI=1S/C15H13ClN2O3S/c1-8-11(12(19)18-15(6-7-15)14(20)21)22-13(17-8)9-2-4-10(16)5-3-9/h2-5H,6-7H2,1H3,(H,18,19)(H,20,21). The molecule has 1 saturated carbocycles. The second-order valence-electron chi connectivity index (χ2n) is 5.28. The molecule has 0 bridgehead atoms. The van der Waals surface area contributed by atoms with E-state index in [0.29, 0.717) is 33.4 Å². The average Bonchev–Trinajstić information content (AvgIpc) is 3.15. The van der Waals surface area contributed by atoms with Crippen LogP contribution in [0.2, 0.25) is 5.02 Å². The van der Waals surface area contributed by atoms with E-state index in [-0.39, 0.29) is 5.91 Å². The molecule has 1 aromatic heterocycles. The Morgan fingerprint density at radius 1 is 1.32 bits per heavy atom. The van der Waals surface area contributed by atoms with E-state index in [9.17, 15) is 9.59 Å². The summed E-state index contributed by atoms with van der Waals surface area (Å²) in [6.07, 6.45) is 0.936. The quantitative estimate of drug-likeness (QED) is 0.899. The van der Waals surface area contributed by atoms with Crippen LogP contribution in [-0.2, 0) is 4.79 Å². The van der Waals surface area contributed by atoms with Crippen molar-refractivity contribution in [3.05, 3.63) is 39.9 Å². The lowest BCUT2D eigenvalue weighted by Gasteiger charge is -2.11. The number of benzene rings is 1. The molecule has 3 rings (SSSR count). The van der Waals surface area contributed by atoms with Gasteiger partial charge in [-0.25, -0.2) is 9.78 Å². The predicted octanol–water partition coefficient (Wildman–Crippen LogP) is 3.12. The Kier molecular flexibility index (Phi) is 3.66. The molecule has 0 saturated heterocycles. The second kappa shape index (κ2) is 5.37. The van der Waals surface area contributed by atoms with Crippen LogP contribution in [0, 0.1) is 6.92 Å². The normalized spacial score (nSPS) is 15.4. The molecule has 0 spiro atoms. The van der Waals surface area contributed by atoms with Crippen LogP contribution >= 0.6 is 22.9 Å². The molecule has 114 valence electrons. The molecule has 1 aromatic carbocycles. The summed E-state index contributed by atoms with van der Waals surface area (Å²) in [5, 5.41) is 13.1. The minimum atomic E-state index is -1.09. The summed E-state index contributed by atoms with van der Waals surface area (Å²) >= 11 is 7.11. The maximum Gasteiger partial charge on any atom is 0.329 e. The van der Waals surface area contributed by atoms with Gasteiger partial charge in [0, 0.05) is 10.6 Å². The summed E-state index contributed by atoms with van der Waals surface area (Å²) in [6.45, 7) is 1.74. The van der Waals surface area contributed by atoms with E-state index in [1.165, 1.54) is 11.3 Å². The summed E-state index contributed by atoms with van der Waals surface area (Å²) in [5.74, 6) is -1.36. The van der Waals surface area contributed by atoms with Crippen molar-refractivity contribution in [3.63, 3.8) is 0 Å². The molecule has 5 nitrogen and oxygen atoms in total. The lowest BCUT2D eigenvalue weighted by Crippen LogP contribution is -2.42. The number of rotatable bonds is 4. The lowest BCUT2D eigenvalue weighted by molar-refractivity contribution is -0.140. The van der Waals surface area contributed by atoms with E-state index in [0.717, 1.165) is 5.56 Å². The number of carboxylic acids is 1. The molecule has 1 fully saturated rings. The largest absolute Gasteiger partial charge is 0.480 e. The highest BCUT2D eigenvalue weighted by Crippen LogP contribution is 2.37. The molecule has 1 aliphatic carbocycles. The Morgan fingerprint density at radius 2 is 1.95 bits per heavy atom. The van der Waals surface area contributed by atoms with Gasteiger partial charge in [0.15, 0.2) is 0 Å². The van der Waals surface area contributed by atoms with E-state index in [1.807, 2.05) is 12.1 Å². The molecule has 1 heterocycles. The van der Waals surface area contributed by atoms with Crippen LogP contribution in [-0.4, -0.2) is 27.5 Å². The van der Waals surface area contributed by atoms with Gasteiger partial charge in [0.2, 0.25) is 0 Å². The molecule has 7 heteroatoms. The molecule has 0 radical (unpaired) electrons. The molecule has 2 N–H and O–H groups in total. The number of carbonyl (C=O) groups is 2. The smallest absolute Gasteiger partial charge is 0.329 e. The fourth-order valence-electron chi connectivity index (χ4n) is 2.11. The van der Waals surface area contributed by atoms with Gasteiger partial charge in [0.25, 0.3) is 5.91 Å². The van der Waals surface area contributed by atoms with Gasteiger partial charge >= 0.3 is 5.97 Å². The van der Waals surface area contributed by atoms with Crippen molar-refractivity contribution in [2.75, 3.05) is 0 Å². The number of hydrogen-bond acceptors (Lipinski definition) is 4. The molecule has 22 heavy (non-hydrogen) atoms. The first kappa shape index (κ1) is 15.0. The Bertz CT molecular complexity index is 751. The monoisotopic (exact) mass is 336 g/mol. The summed E-state index contributed by atoms with van der Waals surface area (Å²) in [7, 11) is 0. The van der Waals surface area contributed by atoms with Gasteiger partial charge in [-0.2, -0.15) is 0 Å². The number of hydrogen-bond donors (Lipinski definition) is 2. The van der Waals surface area contributed by atoms with E-state index >= 15 is 0 Å². The zero-order valence-electron chi connectivity index (χ0n) is 11.7. The predicted molar refractivity (Wildman–Crippen MR) is 84.4 cm³/mol. The molecule has 0 atom stereocenters. The van der Waals surface area contributed by atoms with Gasteiger partial charge in [-0.1, -0.05) is 23.7 Å². The number of aliphatic carboxylic acids is 1. The SMILES string of the molecule is Cc1nc(-c2ccc(Cl)cc2)sc1C(=O)NC1(C(=O)O)CC1. The number of amides is 1. The molecule has 1 amide bonds. The molecule has 1 aliphatic rings. The second-order valence-corrected chi connectivity index (χ2v) is 6.72. The van der Waals surface area contributed by atoms with Crippen LogP contribution < -0.4 is 5.32 Å². The topological polar surface area (TPSA) is 79.3 Å². The third kappa shape index (κ3) is 2.71. The maximum atomic E-state index is 12.3. The number of halogens is 1. The van der Waals surface area contributed by atoms with Crippen molar-refractivity contribution >= 4 is 34.8 Å². The summed E-state index contributed by atoms with van der Waals surface area (Å²) in [5.41, 5.74) is 0.373. The first-order chi connectivity index (χ1) is 10.4.